The van der Waals surface area contributed by atoms with E-state index in [1.165, 1.54) is 11.1 Å². The lowest BCUT2D eigenvalue weighted by molar-refractivity contribution is -0.145. The van der Waals surface area contributed by atoms with Crippen LogP contribution in [0.1, 0.15) is 0 Å². The van der Waals surface area contributed by atoms with Crippen LogP contribution in [0.4, 0.5) is 0 Å². The Kier molecular flexibility index (Phi) is 3.42. The number of halogens is 2. The number of hydrogen-bond donors (Lipinski definition) is 1. The fourth-order valence-electron chi connectivity index (χ4n) is 1.20. The van der Waals surface area contributed by atoms with Gasteiger partial charge in [0.15, 0.2) is 6.04 Å². The van der Waals surface area contributed by atoms with E-state index in [-0.39, 0.29) is 5.03 Å². The van der Waals surface area contributed by atoms with Gasteiger partial charge in [-0.1, -0.05) is 23.2 Å². The topological polar surface area (TPSA) is 43.8 Å². The van der Waals surface area contributed by atoms with Gasteiger partial charge in [-0.15, -0.1) is 0 Å². The van der Waals surface area contributed by atoms with E-state index in [4.69, 9.17) is 28.3 Å². The van der Waals surface area contributed by atoms with Crippen molar-refractivity contribution in [2.24, 2.45) is 0 Å². The molecule has 1 atom stereocenters. The largest absolute Gasteiger partial charge is 0.479 e. The van der Waals surface area contributed by atoms with Crippen molar-refractivity contribution >= 4 is 29.2 Å². The van der Waals surface area contributed by atoms with E-state index >= 15 is 0 Å². The molecule has 1 aliphatic heterocycles. The van der Waals surface area contributed by atoms with E-state index in [1.54, 1.807) is 25.2 Å². The first-order chi connectivity index (χ1) is 6.45. The van der Waals surface area contributed by atoms with Gasteiger partial charge in [-0.05, 0) is 12.2 Å². The summed E-state index contributed by atoms with van der Waals surface area (Å²) in [5.41, 5.74) is 0. The highest BCUT2D eigenvalue weighted by molar-refractivity contribution is 6.33. The molecule has 1 unspecified atom stereocenters. The zero-order chi connectivity index (χ0) is 10.9. The second-order valence-electron chi connectivity index (χ2n) is 2.97. The zero-order valence-corrected chi connectivity index (χ0v) is 9.25. The molecule has 1 N–H and O–H groups in total. The Balaban J connectivity index is 3.06. The van der Waals surface area contributed by atoms with E-state index < -0.39 is 12.0 Å². The molecule has 0 aromatic rings. The van der Waals surface area contributed by atoms with Crippen LogP contribution in [0.3, 0.4) is 0 Å². The molecule has 4 nitrogen and oxygen atoms in total. The highest BCUT2D eigenvalue weighted by Crippen LogP contribution is 2.27. The average Bonchev–Trinajstić information content (AvgIpc) is 2.07. The normalized spacial score (nSPS) is 22.1. The zero-order valence-electron chi connectivity index (χ0n) is 7.74. The maximum Gasteiger partial charge on any atom is 0.333 e. The summed E-state index contributed by atoms with van der Waals surface area (Å²) >= 11 is 11.7. The maximum atomic E-state index is 10.9. The standard InChI is InChI=1S/C8H10Cl2N2O2/c1-11(2)12-6(10)4-3-5(9)7(12)8(13)14/h3-4,7H,1-2H3,(H,13,14). The summed E-state index contributed by atoms with van der Waals surface area (Å²) in [5.74, 6) is -1.04. The predicted octanol–water partition coefficient (Wildman–Crippen LogP) is 1.43. The molecular weight excluding hydrogens is 227 g/mol. The van der Waals surface area contributed by atoms with Gasteiger partial charge in [0, 0.05) is 14.1 Å². The van der Waals surface area contributed by atoms with Crippen molar-refractivity contribution in [1.82, 2.24) is 10.0 Å². The van der Waals surface area contributed by atoms with Gasteiger partial charge in [0.05, 0.1) is 5.03 Å². The molecule has 0 aromatic heterocycles. The van der Waals surface area contributed by atoms with Crippen molar-refractivity contribution in [1.29, 1.82) is 0 Å². The van der Waals surface area contributed by atoms with E-state index in [2.05, 4.69) is 0 Å². The molecular formula is C8H10Cl2N2O2. The van der Waals surface area contributed by atoms with Gasteiger partial charge < -0.3 is 5.11 Å². The maximum absolute atomic E-state index is 10.9. The van der Waals surface area contributed by atoms with Gasteiger partial charge in [-0.3, -0.25) is 5.01 Å². The summed E-state index contributed by atoms with van der Waals surface area (Å²) in [6.45, 7) is 0. The number of hydrogen-bond acceptors (Lipinski definition) is 3. The van der Waals surface area contributed by atoms with Crippen molar-refractivity contribution in [3.63, 3.8) is 0 Å². The number of carbonyl (C=O) groups is 1. The minimum Gasteiger partial charge on any atom is -0.479 e. The van der Waals surface area contributed by atoms with Crippen molar-refractivity contribution in [2.45, 2.75) is 6.04 Å². The van der Waals surface area contributed by atoms with E-state index in [0.29, 0.717) is 5.16 Å². The van der Waals surface area contributed by atoms with Crippen LogP contribution in [0, 0.1) is 0 Å². The fraction of sp³-hybridized carbons (Fsp3) is 0.375. The number of hydrazine groups is 1. The third-order valence-corrected chi connectivity index (χ3v) is 2.40. The van der Waals surface area contributed by atoms with Crippen LogP contribution in [0.2, 0.25) is 0 Å². The van der Waals surface area contributed by atoms with Gasteiger partial charge in [0.25, 0.3) is 0 Å². The van der Waals surface area contributed by atoms with Crippen LogP contribution < -0.4 is 0 Å². The quantitative estimate of drug-likeness (QED) is 0.738. The number of carboxylic acids is 1. The van der Waals surface area contributed by atoms with Crippen molar-refractivity contribution in [3.8, 4) is 0 Å². The Morgan fingerprint density at radius 1 is 1.50 bits per heavy atom. The minimum atomic E-state index is -1.04. The molecule has 0 radical (unpaired) electrons. The molecule has 0 aromatic carbocycles. The summed E-state index contributed by atoms with van der Waals surface area (Å²) in [4.78, 5) is 10.9. The predicted molar refractivity (Wildman–Crippen MR) is 54.8 cm³/mol. The Morgan fingerprint density at radius 2 is 2.07 bits per heavy atom. The van der Waals surface area contributed by atoms with Crippen LogP contribution in [-0.4, -0.2) is 41.2 Å². The average molecular weight is 237 g/mol. The summed E-state index contributed by atoms with van der Waals surface area (Å²) in [5, 5.41) is 12.5. The van der Waals surface area contributed by atoms with Crippen LogP contribution in [-0.2, 0) is 4.79 Å². The lowest BCUT2D eigenvalue weighted by Crippen LogP contribution is -2.48. The molecule has 0 saturated heterocycles. The third kappa shape index (κ3) is 2.03. The molecule has 0 spiro atoms. The molecule has 1 aliphatic rings. The summed E-state index contributed by atoms with van der Waals surface area (Å²) < 4.78 is 0. The van der Waals surface area contributed by atoms with Crippen LogP contribution in [0.25, 0.3) is 0 Å². The number of carboxylic acid groups (broad SMARTS) is 1. The second kappa shape index (κ2) is 4.21. The molecule has 0 amide bonds. The lowest BCUT2D eigenvalue weighted by atomic mass is 10.2. The van der Waals surface area contributed by atoms with Crippen molar-refractivity contribution in [2.75, 3.05) is 14.1 Å². The van der Waals surface area contributed by atoms with Crippen LogP contribution in [0.15, 0.2) is 22.3 Å². The highest BCUT2D eigenvalue weighted by Gasteiger charge is 2.33. The van der Waals surface area contributed by atoms with Gasteiger partial charge >= 0.3 is 5.97 Å². The minimum absolute atomic E-state index is 0.232. The Labute approximate surface area is 92.0 Å². The molecule has 78 valence electrons. The summed E-state index contributed by atoms with van der Waals surface area (Å²) in [6, 6.07) is -0.941. The van der Waals surface area contributed by atoms with E-state index in [1.807, 2.05) is 0 Å². The number of nitrogens with zero attached hydrogens (tertiary/aromatic N) is 2. The lowest BCUT2D eigenvalue weighted by Gasteiger charge is -2.36. The van der Waals surface area contributed by atoms with Gasteiger partial charge in [-0.25, -0.2) is 9.80 Å². The monoisotopic (exact) mass is 236 g/mol. The molecule has 1 rings (SSSR count). The van der Waals surface area contributed by atoms with Gasteiger partial charge in [-0.2, -0.15) is 0 Å². The molecule has 6 heteroatoms. The van der Waals surface area contributed by atoms with E-state index in [9.17, 15) is 4.79 Å². The smallest absolute Gasteiger partial charge is 0.333 e. The fourth-order valence-corrected chi connectivity index (χ4v) is 1.76. The third-order valence-electron chi connectivity index (χ3n) is 1.77. The van der Waals surface area contributed by atoms with Crippen LogP contribution >= 0.6 is 23.2 Å². The van der Waals surface area contributed by atoms with Crippen molar-refractivity contribution < 1.29 is 9.90 Å². The van der Waals surface area contributed by atoms with Crippen molar-refractivity contribution in [3.05, 3.63) is 22.3 Å². The molecule has 14 heavy (non-hydrogen) atoms. The molecule has 0 saturated carbocycles. The van der Waals surface area contributed by atoms with Crippen LogP contribution in [0.5, 0.6) is 0 Å². The SMILES string of the molecule is CN(C)N1C(Cl)=CC=C(Cl)C1C(=O)O. The number of allylic oxidation sites excluding steroid dienone is 2. The number of rotatable bonds is 2. The molecule has 0 bridgehead atoms. The summed E-state index contributed by atoms with van der Waals surface area (Å²) in [7, 11) is 3.39. The molecule has 0 fully saturated rings. The first-order valence-electron chi connectivity index (χ1n) is 3.87. The Morgan fingerprint density at radius 3 is 2.43 bits per heavy atom. The first kappa shape index (κ1) is 11.4. The van der Waals surface area contributed by atoms with Gasteiger partial charge in [0.2, 0.25) is 0 Å². The molecule has 0 aliphatic carbocycles. The van der Waals surface area contributed by atoms with Gasteiger partial charge in [0.1, 0.15) is 5.16 Å². The Hall–Kier alpha value is -0.710. The number of aliphatic carboxylic acids is 1. The molecule has 1 heterocycles. The highest BCUT2D eigenvalue weighted by atomic mass is 35.5. The first-order valence-corrected chi connectivity index (χ1v) is 4.63. The summed E-state index contributed by atoms with van der Waals surface area (Å²) in [6.07, 6.45) is 3.05. The second-order valence-corrected chi connectivity index (χ2v) is 3.80. The van der Waals surface area contributed by atoms with E-state index in [0.717, 1.165) is 0 Å². The Bertz CT molecular complexity index is 312.